The van der Waals surface area contributed by atoms with Gasteiger partial charge >= 0.3 is 5.97 Å². The summed E-state index contributed by atoms with van der Waals surface area (Å²) in [5, 5.41) is 8.46. The molecule has 0 saturated carbocycles. The third-order valence-corrected chi connectivity index (χ3v) is 2.63. The Morgan fingerprint density at radius 1 is 1.43 bits per heavy atom. The molecule has 0 amide bonds. The van der Waals surface area contributed by atoms with Crippen LogP contribution < -0.4 is 0 Å². The second kappa shape index (κ2) is 4.55. The first-order valence-electron chi connectivity index (χ1n) is 4.87. The third kappa shape index (κ3) is 2.54. The van der Waals surface area contributed by atoms with Gasteiger partial charge in [-0.2, -0.15) is 4.39 Å². The summed E-state index contributed by atoms with van der Waals surface area (Å²) in [7, 11) is 0. The zero-order valence-corrected chi connectivity index (χ0v) is 8.59. The lowest BCUT2D eigenvalue weighted by atomic mass is 10.0. The Bertz CT molecular complexity index is 251. The number of likely N-dealkylation sites (tertiary alicyclic amines) is 1. The Morgan fingerprint density at radius 3 is 2.29 bits per heavy atom. The van der Waals surface area contributed by atoms with Crippen molar-refractivity contribution in [1.29, 1.82) is 0 Å². The predicted octanol–water partition coefficient (Wildman–Crippen LogP) is 1.80. The summed E-state index contributed by atoms with van der Waals surface area (Å²) in [4.78, 5) is 12.6. The van der Waals surface area contributed by atoms with Gasteiger partial charge in [0.1, 0.15) is 0 Å². The zero-order chi connectivity index (χ0) is 10.7. The van der Waals surface area contributed by atoms with Gasteiger partial charge in [-0.3, -0.25) is 0 Å². The van der Waals surface area contributed by atoms with E-state index in [4.69, 9.17) is 5.11 Å². The van der Waals surface area contributed by atoms with Crippen LogP contribution in [0.2, 0.25) is 0 Å². The van der Waals surface area contributed by atoms with E-state index in [0.717, 1.165) is 13.1 Å². The molecular weight excluding hydrogens is 185 g/mol. The van der Waals surface area contributed by atoms with E-state index in [-0.39, 0.29) is 0 Å². The van der Waals surface area contributed by atoms with Gasteiger partial charge in [-0.05, 0) is 32.3 Å². The second-order valence-electron chi connectivity index (χ2n) is 3.85. The van der Waals surface area contributed by atoms with Crippen LogP contribution in [0.1, 0.15) is 26.7 Å². The summed E-state index contributed by atoms with van der Waals surface area (Å²) in [6.07, 6.45) is 1.08. The zero-order valence-electron chi connectivity index (χ0n) is 8.59. The van der Waals surface area contributed by atoms with Crippen molar-refractivity contribution in [2.45, 2.75) is 32.7 Å². The topological polar surface area (TPSA) is 40.5 Å². The summed E-state index contributed by atoms with van der Waals surface area (Å²) >= 11 is 0. The number of carbonyl (C=O) groups is 1. The van der Waals surface area contributed by atoms with Crippen molar-refractivity contribution in [3.63, 3.8) is 0 Å². The van der Waals surface area contributed by atoms with Crippen LogP contribution in [-0.2, 0) is 4.79 Å². The lowest BCUT2D eigenvalue weighted by Gasteiger charge is -2.31. The molecule has 1 saturated heterocycles. The third-order valence-electron chi connectivity index (χ3n) is 2.63. The number of rotatable bonds is 2. The van der Waals surface area contributed by atoms with Crippen LogP contribution in [0, 0.1) is 0 Å². The van der Waals surface area contributed by atoms with Crippen LogP contribution >= 0.6 is 0 Å². The van der Waals surface area contributed by atoms with E-state index in [0.29, 0.717) is 24.5 Å². The summed E-state index contributed by atoms with van der Waals surface area (Å²) in [6.45, 7) is 5.69. The summed E-state index contributed by atoms with van der Waals surface area (Å²) in [5.41, 5.74) is 0.453. The molecule has 1 rings (SSSR count). The van der Waals surface area contributed by atoms with Crippen molar-refractivity contribution in [3.05, 3.63) is 11.4 Å². The fraction of sp³-hybridized carbons (Fsp3) is 0.700. The Labute approximate surface area is 83.2 Å². The Kier molecular flexibility index (Phi) is 3.63. The van der Waals surface area contributed by atoms with Crippen LogP contribution in [0.15, 0.2) is 11.4 Å². The molecule has 1 aliphatic heterocycles. The first kappa shape index (κ1) is 11.2. The molecule has 0 aromatic carbocycles. The number of piperidine rings is 1. The van der Waals surface area contributed by atoms with Gasteiger partial charge in [0.05, 0.1) is 0 Å². The molecule has 0 atom stereocenters. The molecule has 0 unspecified atom stereocenters. The van der Waals surface area contributed by atoms with Gasteiger partial charge < -0.3 is 10.0 Å². The Morgan fingerprint density at radius 2 is 1.93 bits per heavy atom. The van der Waals surface area contributed by atoms with Crippen molar-refractivity contribution in [2.24, 2.45) is 0 Å². The highest BCUT2D eigenvalue weighted by molar-refractivity contribution is 5.84. The highest BCUT2D eigenvalue weighted by Crippen LogP contribution is 2.22. The molecular formula is C10H16FNO2. The molecule has 1 fully saturated rings. The number of nitrogens with zero attached hydrogens (tertiary/aromatic N) is 1. The Hall–Kier alpha value is -0.900. The largest absolute Gasteiger partial charge is 0.476 e. The minimum atomic E-state index is -1.43. The molecule has 0 radical (unpaired) electrons. The van der Waals surface area contributed by atoms with Crippen molar-refractivity contribution in [2.75, 3.05) is 13.1 Å². The lowest BCUT2D eigenvalue weighted by molar-refractivity contribution is -0.134. The summed E-state index contributed by atoms with van der Waals surface area (Å²) < 4.78 is 13.0. The molecule has 3 nitrogen and oxygen atoms in total. The van der Waals surface area contributed by atoms with Gasteiger partial charge in [-0.1, -0.05) is 0 Å². The number of hydrogen-bond acceptors (Lipinski definition) is 2. The van der Waals surface area contributed by atoms with Gasteiger partial charge in [0.2, 0.25) is 5.83 Å². The van der Waals surface area contributed by atoms with E-state index in [1.165, 1.54) is 0 Å². The maximum absolute atomic E-state index is 13.0. The molecule has 1 aliphatic rings. The van der Waals surface area contributed by atoms with Crippen LogP contribution in [-0.4, -0.2) is 35.1 Å². The first-order valence-corrected chi connectivity index (χ1v) is 4.87. The highest BCUT2D eigenvalue weighted by Gasteiger charge is 2.21. The van der Waals surface area contributed by atoms with E-state index in [1.807, 2.05) is 0 Å². The van der Waals surface area contributed by atoms with Crippen LogP contribution in [0.5, 0.6) is 0 Å². The van der Waals surface area contributed by atoms with E-state index < -0.39 is 11.8 Å². The number of carboxylic acid groups (broad SMARTS) is 1. The molecule has 14 heavy (non-hydrogen) atoms. The molecule has 0 aliphatic carbocycles. The fourth-order valence-electron chi connectivity index (χ4n) is 1.68. The fourth-order valence-corrected chi connectivity index (χ4v) is 1.68. The van der Waals surface area contributed by atoms with Gasteiger partial charge in [-0.15, -0.1) is 0 Å². The van der Waals surface area contributed by atoms with Gasteiger partial charge in [0, 0.05) is 19.1 Å². The summed E-state index contributed by atoms with van der Waals surface area (Å²) in [6, 6.07) is 0.449. The number of halogens is 1. The molecule has 80 valence electrons. The number of aliphatic carboxylic acids is 1. The predicted molar refractivity (Wildman–Crippen MR) is 51.7 cm³/mol. The number of carboxylic acids is 1. The standard InChI is InChI=1S/C10H16FNO2/c1-7(2)12-5-3-8(4-6-12)9(11)10(13)14/h7H,3-6H2,1-2H3,(H,13,14). The monoisotopic (exact) mass is 201 g/mol. The molecule has 0 aromatic rings. The SMILES string of the molecule is CC(C)N1CCC(=C(F)C(=O)O)CC1. The first-order chi connectivity index (χ1) is 6.52. The van der Waals surface area contributed by atoms with E-state index >= 15 is 0 Å². The van der Waals surface area contributed by atoms with Crippen molar-refractivity contribution in [1.82, 2.24) is 4.90 Å². The van der Waals surface area contributed by atoms with E-state index in [1.54, 1.807) is 0 Å². The highest BCUT2D eigenvalue weighted by atomic mass is 19.1. The van der Waals surface area contributed by atoms with Gasteiger partial charge in [-0.25, -0.2) is 4.79 Å². The minimum Gasteiger partial charge on any atom is -0.476 e. The maximum atomic E-state index is 13.0. The minimum absolute atomic E-state index is 0.449. The smallest absolute Gasteiger partial charge is 0.364 e. The van der Waals surface area contributed by atoms with E-state index in [2.05, 4.69) is 18.7 Å². The average Bonchev–Trinajstić information content (AvgIpc) is 2.16. The molecule has 0 bridgehead atoms. The Balaban J connectivity index is 2.59. The van der Waals surface area contributed by atoms with Gasteiger partial charge in [0.25, 0.3) is 0 Å². The quantitative estimate of drug-likeness (QED) is 0.692. The molecule has 0 aromatic heterocycles. The van der Waals surface area contributed by atoms with Crippen LogP contribution in [0.3, 0.4) is 0 Å². The van der Waals surface area contributed by atoms with Crippen LogP contribution in [0.4, 0.5) is 4.39 Å². The second-order valence-corrected chi connectivity index (χ2v) is 3.85. The average molecular weight is 201 g/mol. The van der Waals surface area contributed by atoms with E-state index in [9.17, 15) is 9.18 Å². The normalized spacial score (nSPS) is 18.7. The van der Waals surface area contributed by atoms with Crippen LogP contribution in [0.25, 0.3) is 0 Å². The molecule has 1 N–H and O–H groups in total. The molecule has 4 heteroatoms. The van der Waals surface area contributed by atoms with Crippen molar-refractivity contribution < 1.29 is 14.3 Å². The summed E-state index contributed by atoms with van der Waals surface area (Å²) in [5.74, 6) is -2.38. The van der Waals surface area contributed by atoms with Crippen molar-refractivity contribution in [3.8, 4) is 0 Å². The van der Waals surface area contributed by atoms with Crippen molar-refractivity contribution >= 4 is 5.97 Å². The maximum Gasteiger partial charge on any atom is 0.364 e. The molecule has 0 spiro atoms. The van der Waals surface area contributed by atoms with Gasteiger partial charge in [0.15, 0.2) is 0 Å². The number of hydrogen-bond donors (Lipinski definition) is 1. The molecule has 1 heterocycles. The lowest BCUT2D eigenvalue weighted by Crippen LogP contribution is -2.36.